The molecule has 1 atom stereocenters. The standard InChI is InChI=1S/C23H27N6O2.3C4H9.Sn/c1-31-16-13-24-17-20-7-11-25-23(27-20)28-14-9-19(10-15-28)22(30)29-21(8-12-26-29)18-5-3-2-4-6-18;3*1-3-4-2;/h2-7,11-12,17,19,21H,1,8-10,13-16H2;3*1,3-4H2,2H3;/t21-;;;;/m0..../s1. The van der Waals surface area contributed by atoms with Gasteiger partial charge in [-0.2, -0.15) is 5.10 Å². The number of hydrazone groups is 1. The van der Waals surface area contributed by atoms with Crippen molar-refractivity contribution in [2.75, 3.05) is 35.8 Å². The van der Waals surface area contributed by atoms with Gasteiger partial charge in [0.05, 0.1) is 6.04 Å². The molecule has 4 rings (SSSR count). The Balaban J connectivity index is 1.24. The first kappa shape index (κ1) is 34.5. The second-order valence-corrected chi connectivity index (χ2v) is 26.3. The number of carbonyl (C=O) groups is 1. The van der Waals surface area contributed by atoms with E-state index in [2.05, 4.69) is 52.9 Å². The molecule has 9 heteroatoms. The third-order valence-electron chi connectivity index (χ3n) is 9.21. The van der Waals surface area contributed by atoms with E-state index < -0.39 is 18.4 Å². The van der Waals surface area contributed by atoms with E-state index in [-0.39, 0.29) is 17.9 Å². The average Bonchev–Trinajstić information content (AvgIpc) is 3.57. The van der Waals surface area contributed by atoms with Gasteiger partial charge < -0.3 is 0 Å². The van der Waals surface area contributed by atoms with Gasteiger partial charge in [-0.25, -0.2) is 5.01 Å². The van der Waals surface area contributed by atoms with E-state index in [0.717, 1.165) is 48.2 Å². The van der Waals surface area contributed by atoms with Crippen LogP contribution in [-0.2, 0) is 9.53 Å². The second kappa shape index (κ2) is 18.6. The summed E-state index contributed by atoms with van der Waals surface area (Å²) >= 11 is -2.25. The van der Waals surface area contributed by atoms with Crippen LogP contribution in [-0.4, -0.2) is 82.6 Å². The van der Waals surface area contributed by atoms with Crippen molar-refractivity contribution in [1.82, 2.24) is 15.0 Å². The second-order valence-electron chi connectivity index (χ2n) is 12.6. The SMILES string of the molecule is CCC[CH2][Sn]([CH2]CCC)([CH2]CCC)[CH2]OCCN=Cc1ccnc(N2CCC(C(=O)N3N=CC[C@H]3c3ccccc3)CC2)n1. The molecule has 1 aromatic heterocycles. The topological polar surface area (TPSA) is 83.3 Å². The van der Waals surface area contributed by atoms with Crippen molar-refractivity contribution >= 4 is 42.7 Å². The van der Waals surface area contributed by atoms with Gasteiger partial charge in [-0.1, -0.05) is 30.3 Å². The number of aromatic nitrogens is 2. The molecule has 44 heavy (non-hydrogen) atoms. The van der Waals surface area contributed by atoms with Crippen molar-refractivity contribution < 1.29 is 9.53 Å². The molecule has 0 aliphatic carbocycles. The first-order valence-electron chi connectivity index (χ1n) is 17.1. The number of benzene rings is 1. The van der Waals surface area contributed by atoms with Gasteiger partial charge in [0.15, 0.2) is 0 Å². The van der Waals surface area contributed by atoms with Gasteiger partial charge in [0.1, 0.15) is 0 Å². The number of carbonyl (C=O) groups excluding carboxylic acids is 1. The molecule has 2 aromatic rings. The monoisotopic (exact) mass is 710 g/mol. The number of piperidine rings is 1. The summed E-state index contributed by atoms with van der Waals surface area (Å²) in [4.78, 5) is 29.5. The van der Waals surface area contributed by atoms with Crippen LogP contribution in [0.4, 0.5) is 5.95 Å². The molecule has 3 heterocycles. The van der Waals surface area contributed by atoms with Crippen LogP contribution in [0.5, 0.6) is 0 Å². The molecule has 1 fully saturated rings. The number of ether oxygens (including phenoxy) is 1. The van der Waals surface area contributed by atoms with E-state index >= 15 is 0 Å². The minimum absolute atomic E-state index is 0.000268. The van der Waals surface area contributed by atoms with E-state index in [1.165, 1.54) is 51.8 Å². The van der Waals surface area contributed by atoms with Crippen LogP contribution in [0.25, 0.3) is 0 Å². The van der Waals surface area contributed by atoms with Gasteiger partial charge in [-0.15, -0.1) is 0 Å². The number of amides is 1. The van der Waals surface area contributed by atoms with Crippen LogP contribution in [0.1, 0.15) is 95.9 Å². The number of nitrogens with zero attached hydrogens (tertiary/aromatic N) is 6. The normalized spacial score (nSPS) is 17.7. The molecule has 240 valence electrons. The molecule has 1 aromatic carbocycles. The summed E-state index contributed by atoms with van der Waals surface area (Å²) in [6, 6.07) is 12.1. The van der Waals surface area contributed by atoms with E-state index in [4.69, 9.17) is 9.72 Å². The molecule has 8 nitrogen and oxygen atoms in total. The maximum absolute atomic E-state index is 13.4. The van der Waals surface area contributed by atoms with E-state index in [1.54, 1.807) is 11.2 Å². The zero-order valence-electron chi connectivity index (χ0n) is 27.4. The van der Waals surface area contributed by atoms with Crippen LogP contribution < -0.4 is 4.90 Å². The van der Waals surface area contributed by atoms with Crippen LogP contribution in [0.2, 0.25) is 13.3 Å². The third-order valence-corrected chi connectivity index (χ3v) is 23.6. The Hall–Kier alpha value is -2.33. The predicted octanol–water partition coefficient (Wildman–Crippen LogP) is 7.48. The summed E-state index contributed by atoms with van der Waals surface area (Å²) in [6.45, 7) is 9.80. The summed E-state index contributed by atoms with van der Waals surface area (Å²) in [5, 5.41) is 6.16. The molecule has 1 amide bonds. The van der Waals surface area contributed by atoms with Gasteiger partial charge in [-0.05, 0) is 5.56 Å². The van der Waals surface area contributed by atoms with Crippen molar-refractivity contribution in [2.45, 2.75) is 97.9 Å². The molecule has 0 saturated carbocycles. The zero-order chi connectivity index (χ0) is 31.0. The first-order chi connectivity index (χ1) is 21.6. The summed E-state index contributed by atoms with van der Waals surface area (Å²) in [6.07, 6.45) is 15.8. The minimum atomic E-state index is -2.25. The Bertz CT molecular complexity index is 1160. The molecule has 0 bridgehead atoms. The fourth-order valence-electron chi connectivity index (χ4n) is 6.49. The molecule has 2 aliphatic heterocycles. The fourth-order valence-corrected chi connectivity index (χ4v) is 21.0. The summed E-state index contributed by atoms with van der Waals surface area (Å²) < 4.78 is 11.8. The summed E-state index contributed by atoms with van der Waals surface area (Å²) in [7, 11) is 0. The summed E-state index contributed by atoms with van der Waals surface area (Å²) in [5.74, 6) is 0.796. The maximum atomic E-state index is 13.4. The summed E-state index contributed by atoms with van der Waals surface area (Å²) in [5.41, 5.74) is 1.95. The van der Waals surface area contributed by atoms with Gasteiger partial charge in [0, 0.05) is 18.6 Å². The average molecular weight is 710 g/mol. The number of anilines is 1. The molecule has 0 unspecified atom stereocenters. The van der Waals surface area contributed by atoms with Crippen molar-refractivity contribution in [3.8, 4) is 0 Å². The molecular formula is C35H54N6O2Sn. The number of aliphatic imine (C=N–C) groups is 1. The first-order valence-corrected chi connectivity index (χ1v) is 25.2. The van der Waals surface area contributed by atoms with Gasteiger partial charge in [0.2, 0.25) is 5.91 Å². The van der Waals surface area contributed by atoms with Crippen molar-refractivity contribution in [2.24, 2.45) is 16.0 Å². The van der Waals surface area contributed by atoms with Gasteiger partial charge >= 0.3 is 189 Å². The van der Waals surface area contributed by atoms with E-state index in [1.807, 2.05) is 36.7 Å². The van der Waals surface area contributed by atoms with Crippen molar-refractivity contribution in [3.63, 3.8) is 0 Å². The van der Waals surface area contributed by atoms with Gasteiger partial charge in [-0.3, -0.25) is 4.79 Å². The molecule has 0 spiro atoms. The number of hydrogen-bond acceptors (Lipinski definition) is 7. The molecule has 1 saturated heterocycles. The van der Waals surface area contributed by atoms with Crippen molar-refractivity contribution in [3.05, 3.63) is 53.9 Å². The molecular weight excluding hydrogens is 655 g/mol. The zero-order valence-corrected chi connectivity index (χ0v) is 30.2. The number of unbranched alkanes of at least 4 members (excludes halogenated alkanes) is 3. The Kier molecular flexibility index (Phi) is 14.6. The van der Waals surface area contributed by atoms with Gasteiger partial charge in [0.25, 0.3) is 0 Å². The number of rotatable bonds is 18. The van der Waals surface area contributed by atoms with Crippen molar-refractivity contribution in [1.29, 1.82) is 0 Å². The quantitative estimate of drug-likeness (QED) is 0.0912. The van der Waals surface area contributed by atoms with Crippen LogP contribution >= 0.6 is 0 Å². The Morgan fingerprint density at radius 1 is 1.00 bits per heavy atom. The van der Waals surface area contributed by atoms with E-state index in [0.29, 0.717) is 19.1 Å². The van der Waals surface area contributed by atoms with E-state index in [9.17, 15) is 4.79 Å². The Morgan fingerprint density at radius 2 is 1.68 bits per heavy atom. The molecule has 0 N–H and O–H groups in total. The van der Waals surface area contributed by atoms with Crippen LogP contribution in [0.15, 0.2) is 52.7 Å². The van der Waals surface area contributed by atoms with Crippen LogP contribution in [0.3, 0.4) is 0 Å². The fraction of sp³-hybridized carbons (Fsp3) is 0.629. The third kappa shape index (κ3) is 10.1. The van der Waals surface area contributed by atoms with Crippen LogP contribution in [0, 0.1) is 5.92 Å². The Labute approximate surface area is 269 Å². The predicted molar refractivity (Wildman–Crippen MR) is 184 cm³/mol. The number of hydrogen-bond donors (Lipinski definition) is 0. The molecule has 2 aliphatic rings. The molecule has 0 radical (unpaired) electrons. The Morgan fingerprint density at radius 3 is 2.34 bits per heavy atom.